The Balaban J connectivity index is 2.12. The van der Waals surface area contributed by atoms with Gasteiger partial charge in [0, 0.05) is 25.1 Å². The largest absolute Gasteiger partial charge is 0.354 e. The normalized spacial score (nSPS) is 11.7. The Morgan fingerprint density at radius 1 is 1.14 bits per heavy atom. The fourth-order valence-corrected chi connectivity index (χ4v) is 2.17. The number of unbranched alkanes of at least 4 members (excludes halogenated alkanes) is 2. The van der Waals surface area contributed by atoms with E-state index in [1.807, 2.05) is 13.0 Å². The highest BCUT2D eigenvalue weighted by Crippen LogP contribution is 2.05. The third-order valence-electron chi connectivity index (χ3n) is 3.39. The summed E-state index contributed by atoms with van der Waals surface area (Å²) in [6.07, 6.45) is 7.43. The molecule has 122 valence electrons. The lowest BCUT2D eigenvalue weighted by molar-refractivity contribution is -0.122. The maximum atomic E-state index is 11.8. The molecular formula is C17H27N3O2. The Hall–Kier alpha value is -1.91. The van der Waals surface area contributed by atoms with E-state index in [1.165, 1.54) is 12.8 Å². The van der Waals surface area contributed by atoms with E-state index in [-0.39, 0.29) is 17.9 Å². The van der Waals surface area contributed by atoms with Gasteiger partial charge < -0.3 is 10.6 Å². The molecule has 0 saturated carbocycles. The lowest BCUT2D eigenvalue weighted by Gasteiger charge is -2.13. The Morgan fingerprint density at radius 3 is 2.59 bits per heavy atom. The second-order valence-corrected chi connectivity index (χ2v) is 5.58. The number of hydrogen-bond acceptors (Lipinski definition) is 3. The molecule has 2 N–H and O–H groups in total. The van der Waals surface area contributed by atoms with Crippen LogP contribution in [-0.2, 0) is 9.59 Å². The summed E-state index contributed by atoms with van der Waals surface area (Å²) >= 11 is 0. The Kier molecular flexibility index (Phi) is 8.88. The molecule has 0 radical (unpaired) electrons. The molecule has 0 fully saturated rings. The van der Waals surface area contributed by atoms with E-state index in [2.05, 4.69) is 22.5 Å². The van der Waals surface area contributed by atoms with E-state index in [9.17, 15) is 9.59 Å². The van der Waals surface area contributed by atoms with Gasteiger partial charge in [0.15, 0.2) is 0 Å². The van der Waals surface area contributed by atoms with Crippen LogP contribution in [0, 0.1) is 0 Å². The van der Waals surface area contributed by atoms with Gasteiger partial charge in [-0.3, -0.25) is 9.59 Å². The number of carbonyl (C=O) groups is 2. The molecule has 1 aromatic heterocycles. The summed E-state index contributed by atoms with van der Waals surface area (Å²) in [5, 5.41) is 5.69. The van der Waals surface area contributed by atoms with E-state index in [0.717, 1.165) is 12.8 Å². The molecule has 0 spiro atoms. The number of hydrogen-bond donors (Lipinski definition) is 2. The van der Waals surface area contributed by atoms with Crippen LogP contribution < -0.4 is 10.6 Å². The van der Waals surface area contributed by atoms with Crippen LogP contribution in [0.2, 0.25) is 0 Å². The molecule has 1 rings (SSSR count). The van der Waals surface area contributed by atoms with Gasteiger partial charge in [-0.1, -0.05) is 32.3 Å². The first-order valence-electron chi connectivity index (χ1n) is 8.12. The quantitative estimate of drug-likeness (QED) is 0.652. The van der Waals surface area contributed by atoms with Crippen molar-refractivity contribution in [3.63, 3.8) is 0 Å². The van der Waals surface area contributed by atoms with Crippen molar-refractivity contribution in [2.75, 3.05) is 5.32 Å². The van der Waals surface area contributed by atoms with Crippen molar-refractivity contribution in [1.29, 1.82) is 0 Å². The fraction of sp³-hybridized carbons (Fsp3) is 0.588. The number of carbonyl (C=O) groups excluding carboxylic acids is 2. The molecule has 5 heteroatoms. The molecular weight excluding hydrogens is 278 g/mol. The van der Waals surface area contributed by atoms with Crippen molar-refractivity contribution in [1.82, 2.24) is 10.3 Å². The van der Waals surface area contributed by atoms with Crippen LogP contribution in [0.1, 0.15) is 58.8 Å². The molecule has 0 saturated heterocycles. The zero-order valence-electron chi connectivity index (χ0n) is 13.6. The Morgan fingerprint density at radius 2 is 1.91 bits per heavy atom. The number of amides is 2. The van der Waals surface area contributed by atoms with Crippen molar-refractivity contribution in [3.05, 3.63) is 24.4 Å². The zero-order valence-corrected chi connectivity index (χ0v) is 13.6. The molecule has 22 heavy (non-hydrogen) atoms. The van der Waals surface area contributed by atoms with Crippen molar-refractivity contribution in [2.24, 2.45) is 0 Å². The third kappa shape index (κ3) is 8.39. The first-order valence-corrected chi connectivity index (χ1v) is 8.12. The van der Waals surface area contributed by atoms with Gasteiger partial charge in [-0.2, -0.15) is 0 Å². The van der Waals surface area contributed by atoms with Gasteiger partial charge in [-0.05, 0) is 31.9 Å². The minimum Gasteiger partial charge on any atom is -0.354 e. The Labute approximate surface area is 132 Å². The van der Waals surface area contributed by atoms with E-state index in [0.29, 0.717) is 25.1 Å². The van der Waals surface area contributed by atoms with Gasteiger partial charge in [-0.25, -0.2) is 4.98 Å². The van der Waals surface area contributed by atoms with E-state index in [4.69, 9.17) is 0 Å². The van der Waals surface area contributed by atoms with Crippen molar-refractivity contribution in [3.8, 4) is 0 Å². The average molecular weight is 305 g/mol. The molecule has 0 aliphatic rings. The molecule has 0 unspecified atom stereocenters. The van der Waals surface area contributed by atoms with Crippen molar-refractivity contribution in [2.45, 2.75) is 64.8 Å². The summed E-state index contributed by atoms with van der Waals surface area (Å²) in [5.41, 5.74) is 0. The summed E-state index contributed by atoms with van der Waals surface area (Å²) in [5.74, 6) is 0.457. The molecule has 0 aliphatic carbocycles. The number of rotatable bonds is 10. The minimum absolute atomic E-state index is 0.0228. The van der Waals surface area contributed by atoms with Crippen LogP contribution >= 0.6 is 0 Å². The van der Waals surface area contributed by atoms with Crippen LogP contribution in [0.5, 0.6) is 0 Å². The maximum absolute atomic E-state index is 11.8. The molecule has 0 bridgehead atoms. The monoisotopic (exact) mass is 305 g/mol. The predicted octanol–water partition coefficient (Wildman–Crippen LogP) is 3.28. The van der Waals surface area contributed by atoms with Gasteiger partial charge >= 0.3 is 0 Å². The van der Waals surface area contributed by atoms with E-state index in [1.54, 1.807) is 18.3 Å². The van der Waals surface area contributed by atoms with Gasteiger partial charge in [0.25, 0.3) is 0 Å². The number of aromatic nitrogens is 1. The molecule has 0 aliphatic heterocycles. The summed E-state index contributed by atoms with van der Waals surface area (Å²) < 4.78 is 0. The van der Waals surface area contributed by atoms with Crippen LogP contribution in [0.3, 0.4) is 0 Å². The summed E-state index contributed by atoms with van der Waals surface area (Å²) in [6.45, 7) is 4.20. The predicted molar refractivity (Wildman–Crippen MR) is 88.5 cm³/mol. The lowest BCUT2D eigenvalue weighted by atomic mass is 10.1. The van der Waals surface area contributed by atoms with E-state index >= 15 is 0 Å². The van der Waals surface area contributed by atoms with E-state index < -0.39 is 0 Å². The third-order valence-corrected chi connectivity index (χ3v) is 3.39. The van der Waals surface area contributed by atoms with Gasteiger partial charge in [0.1, 0.15) is 5.82 Å². The fourth-order valence-electron chi connectivity index (χ4n) is 2.17. The zero-order chi connectivity index (χ0) is 16.2. The van der Waals surface area contributed by atoms with Crippen molar-refractivity contribution < 1.29 is 9.59 Å². The highest BCUT2D eigenvalue weighted by Gasteiger charge is 2.09. The second-order valence-electron chi connectivity index (χ2n) is 5.58. The SMILES string of the molecule is CCCCC[C@H](C)NC(=O)CCCC(=O)Nc1ccccn1. The lowest BCUT2D eigenvalue weighted by Crippen LogP contribution is -2.32. The van der Waals surface area contributed by atoms with Gasteiger partial charge in [0.2, 0.25) is 11.8 Å². The van der Waals surface area contributed by atoms with Gasteiger partial charge in [0.05, 0.1) is 0 Å². The molecule has 1 atom stereocenters. The summed E-state index contributed by atoms with van der Waals surface area (Å²) in [6, 6.07) is 5.56. The maximum Gasteiger partial charge on any atom is 0.225 e. The minimum atomic E-state index is -0.109. The number of nitrogens with one attached hydrogen (secondary N) is 2. The topological polar surface area (TPSA) is 71.1 Å². The molecule has 2 amide bonds. The smallest absolute Gasteiger partial charge is 0.225 e. The van der Waals surface area contributed by atoms with Crippen LogP contribution in [-0.4, -0.2) is 22.8 Å². The number of nitrogens with zero attached hydrogens (tertiary/aromatic N) is 1. The van der Waals surface area contributed by atoms with Crippen LogP contribution in [0.25, 0.3) is 0 Å². The number of pyridine rings is 1. The summed E-state index contributed by atoms with van der Waals surface area (Å²) in [4.78, 5) is 27.5. The van der Waals surface area contributed by atoms with Crippen LogP contribution in [0.15, 0.2) is 24.4 Å². The van der Waals surface area contributed by atoms with Crippen molar-refractivity contribution >= 4 is 17.6 Å². The molecule has 1 heterocycles. The molecule has 1 aromatic rings. The number of anilines is 1. The average Bonchev–Trinajstić information content (AvgIpc) is 2.48. The van der Waals surface area contributed by atoms with Gasteiger partial charge in [-0.15, -0.1) is 0 Å². The first-order chi connectivity index (χ1) is 10.6. The van der Waals surface area contributed by atoms with Crippen LogP contribution in [0.4, 0.5) is 5.82 Å². The second kappa shape index (κ2) is 10.8. The molecule has 0 aromatic carbocycles. The standard InChI is InChI=1S/C17H27N3O2/c1-3-4-5-9-14(2)19-16(21)11-8-12-17(22)20-15-10-6-7-13-18-15/h6-7,10,13-14H,3-5,8-9,11-12H2,1-2H3,(H,19,21)(H,18,20,22)/t14-/m0/s1. The summed E-state index contributed by atoms with van der Waals surface area (Å²) in [7, 11) is 0. The highest BCUT2D eigenvalue weighted by atomic mass is 16.2. The first kappa shape index (κ1) is 18.1. The Bertz CT molecular complexity index is 448. The highest BCUT2D eigenvalue weighted by molar-refractivity contribution is 5.90. The molecule has 5 nitrogen and oxygen atoms in total.